The van der Waals surface area contributed by atoms with Crippen LogP contribution >= 0.6 is 39.5 Å². The number of benzene rings is 3. The van der Waals surface area contributed by atoms with Crippen molar-refractivity contribution in [2.24, 2.45) is 0 Å². The normalized spacial score (nSPS) is 19.0. The van der Waals surface area contributed by atoms with Crippen LogP contribution in [0.1, 0.15) is 77.1 Å². The predicted octanol–water partition coefficient (Wildman–Crippen LogP) is 9.29. The van der Waals surface area contributed by atoms with E-state index in [2.05, 4.69) is 132 Å². The second-order valence-corrected chi connectivity index (χ2v) is 38.0. The third-order valence-corrected chi connectivity index (χ3v) is 18.1. The Morgan fingerprint density at radius 3 is 2.15 bits per heavy atom. The van der Waals surface area contributed by atoms with E-state index in [-0.39, 0.29) is 27.7 Å². The summed E-state index contributed by atoms with van der Waals surface area (Å²) in [5.41, 5.74) is 5.87. The Hall–Kier alpha value is -1.52. The van der Waals surface area contributed by atoms with E-state index in [9.17, 15) is 10.1 Å². The average molecular weight is 868 g/mol. The first-order valence-corrected chi connectivity index (χ1v) is 26.2. The minimum atomic E-state index is -2.96. The molecular formula is C33H40I2N2O3Ru-4. The first-order chi connectivity index (χ1) is 19.2. The van der Waals surface area contributed by atoms with Gasteiger partial charge < -0.3 is 0 Å². The first kappa shape index (κ1) is 32.4. The number of para-hydroxylation sites is 1. The number of nitrogens with zero attached hydrogens (tertiary/aromatic N) is 2. The molecule has 1 unspecified atom stereocenters. The molecule has 0 saturated carbocycles. The van der Waals surface area contributed by atoms with Gasteiger partial charge in [0.05, 0.1) is 0 Å². The minimum absolute atomic E-state index is 0.0421. The van der Waals surface area contributed by atoms with Gasteiger partial charge in [-0.1, -0.05) is 0 Å². The number of halogens is 2. The molecule has 0 aliphatic carbocycles. The van der Waals surface area contributed by atoms with Gasteiger partial charge in [0.1, 0.15) is 0 Å². The van der Waals surface area contributed by atoms with Crippen molar-refractivity contribution in [2.45, 2.75) is 84.8 Å². The second kappa shape index (κ2) is 12.6. The van der Waals surface area contributed by atoms with Gasteiger partial charge in [0.25, 0.3) is 0 Å². The van der Waals surface area contributed by atoms with Crippen LogP contribution in [0.2, 0.25) is 0 Å². The number of aryl methyl sites for hydroxylation is 2. The number of anilines is 1. The van der Waals surface area contributed by atoms with E-state index in [1.54, 1.807) is 18.2 Å². The maximum absolute atomic E-state index is 11.8. The molecule has 0 radical (unpaired) electrons. The summed E-state index contributed by atoms with van der Waals surface area (Å²) < 4.78 is 9.96. The van der Waals surface area contributed by atoms with E-state index in [0.717, 1.165) is 24.8 Å². The van der Waals surface area contributed by atoms with Gasteiger partial charge in [-0.25, -0.2) is 0 Å². The Balaban J connectivity index is 2.18. The molecule has 1 saturated heterocycles. The monoisotopic (exact) mass is 868 g/mol. The zero-order valence-corrected chi connectivity index (χ0v) is 30.9. The molecule has 0 spiro atoms. The maximum atomic E-state index is 11.8. The number of rotatable bonds is 8. The molecule has 0 amide bonds. The fourth-order valence-corrected chi connectivity index (χ4v) is 20.1. The van der Waals surface area contributed by atoms with Gasteiger partial charge in [-0.15, -0.1) is 0 Å². The third kappa shape index (κ3) is 6.54. The van der Waals surface area contributed by atoms with Crippen LogP contribution in [0.15, 0.2) is 66.7 Å². The zero-order valence-electron chi connectivity index (χ0n) is 24.9. The van der Waals surface area contributed by atoms with Crippen LogP contribution in [0, 0.1) is 10.1 Å². The standard InChI is InChI=1S/C23H29N.C10H11NO3.2HI.Ru/c1-6-18-12-11-13-19(7-2)21(18)24-17-23(5,16-22(24,3)4)20-14-9-8-10-15-20;1-7(2)14-10-5-4-9(11(12)13)6-8(10)3;;;/h8-15H,6-7,16H2,1-5H3;3-7H,1-2H3;2*1H;/q;;;;-2/p-2. The number of hydrogen-bond acceptors (Lipinski definition) is 4. The fourth-order valence-electron chi connectivity index (χ4n) is 6.09. The Labute approximate surface area is 268 Å². The van der Waals surface area contributed by atoms with Crippen molar-refractivity contribution in [2.75, 3.05) is 4.90 Å². The van der Waals surface area contributed by atoms with Crippen molar-refractivity contribution in [1.29, 1.82) is 0 Å². The molecule has 0 aromatic heterocycles. The van der Waals surface area contributed by atoms with E-state index in [1.807, 2.05) is 13.8 Å². The summed E-state index contributed by atoms with van der Waals surface area (Å²) in [6.07, 6.45) is 2.83. The Morgan fingerprint density at radius 2 is 1.61 bits per heavy atom. The van der Waals surface area contributed by atoms with Crippen LogP contribution in [-0.2, 0) is 25.1 Å². The van der Waals surface area contributed by atoms with Crippen LogP contribution in [-0.4, -0.2) is 25.4 Å². The van der Waals surface area contributed by atoms with E-state index in [0.29, 0.717) is 5.75 Å². The molecule has 1 heterocycles. The van der Waals surface area contributed by atoms with Crippen molar-refractivity contribution in [3.8, 4) is 5.75 Å². The summed E-state index contributed by atoms with van der Waals surface area (Å²) >= 11 is 5.43. The molecule has 1 atom stereocenters. The summed E-state index contributed by atoms with van der Waals surface area (Å²) in [5, 5.41) is 11.8. The molecule has 0 N–H and O–H groups in total. The van der Waals surface area contributed by atoms with E-state index in [4.69, 9.17) is 4.74 Å². The van der Waals surface area contributed by atoms with Crippen molar-refractivity contribution in [3.05, 3.63) is 99.1 Å². The van der Waals surface area contributed by atoms with E-state index >= 15 is 0 Å². The van der Waals surface area contributed by atoms with E-state index in [1.165, 1.54) is 26.6 Å². The Kier molecular flexibility index (Phi) is 9.96. The van der Waals surface area contributed by atoms with Gasteiger partial charge in [0.2, 0.25) is 0 Å². The molecule has 0 bridgehead atoms. The first-order valence-electron chi connectivity index (χ1n) is 14.0. The van der Waals surface area contributed by atoms with Crippen molar-refractivity contribution >= 4 is 59.7 Å². The molecule has 4 rings (SSSR count). The molecule has 5 nitrogen and oxygen atoms in total. The molecular weight excluding hydrogens is 827 g/mol. The molecule has 1 aliphatic rings. The summed E-state index contributed by atoms with van der Waals surface area (Å²) in [6.45, 7) is 12.6. The molecule has 1 aliphatic heterocycles. The van der Waals surface area contributed by atoms with Crippen molar-refractivity contribution < 1.29 is 16.5 Å². The third-order valence-electron chi connectivity index (χ3n) is 7.65. The number of non-ortho nitro benzene ring substituents is 1. The molecule has 8 heteroatoms. The number of hydrogen-bond donors (Lipinski definition) is 0. The molecule has 3 aromatic rings. The van der Waals surface area contributed by atoms with Crippen molar-refractivity contribution in [1.82, 2.24) is 0 Å². The summed E-state index contributed by atoms with van der Waals surface area (Å²) in [6, 6.07) is 22.6. The zero-order chi connectivity index (χ0) is 30.2. The van der Waals surface area contributed by atoms with Crippen LogP contribution < -0.4 is 9.64 Å². The molecule has 1 fully saturated rings. The topological polar surface area (TPSA) is 55.6 Å². The van der Waals surface area contributed by atoms with Gasteiger partial charge >= 0.3 is 271 Å². The van der Waals surface area contributed by atoms with Crippen LogP contribution in [0.25, 0.3) is 0 Å². The summed E-state index contributed by atoms with van der Waals surface area (Å²) in [7, 11) is 0. The van der Waals surface area contributed by atoms with Crippen molar-refractivity contribution in [3.63, 3.8) is 0 Å². The second-order valence-electron chi connectivity index (χ2n) is 11.6. The predicted molar refractivity (Wildman–Crippen MR) is 187 cm³/mol. The number of nitro benzene ring substituents is 1. The van der Waals surface area contributed by atoms with Crippen LogP contribution in [0.3, 0.4) is 0 Å². The van der Waals surface area contributed by atoms with E-state index < -0.39 is 6.84 Å². The van der Waals surface area contributed by atoms with Gasteiger partial charge in [-0.3, -0.25) is 0 Å². The fraction of sp³-hybridized carbons (Fsp3) is 0.394. The van der Waals surface area contributed by atoms with Gasteiger partial charge in [-0.05, 0) is 0 Å². The summed E-state index contributed by atoms with van der Waals surface area (Å²) in [4.78, 5) is 14.2. The Bertz CT molecular complexity index is 1550. The molecule has 3 aromatic carbocycles. The number of ether oxygens (including phenoxy) is 1. The van der Waals surface area contributed by atoms with Gasteiger partial charge in [-0.2, -0.15) is 0 Å². The average Bonchev–Trinajstić information content (AvgIpc) is 3.15. The molecule has 226 valence electrons. The van der Waals surface area contributed by atoms with Crippen LogP contribution in [0.5, 0.6) is 5.75 Å². The molecule has 41 heavy (non-hydrogen) atoms. The van der Waals surface area contributed by atoms with Gasteiger partial charge in [0.15, 0.2) is 0 Å². The quantitative estimate of drug-likeness (QED) is 0.0982. The van der Waals surface area contributed by atoms with Gasteiger partial charge in [0, 0.05) is 0 Å². The Morgan fingerprint density at radius 1 is 1.00 bits per heavy atom. The van der Waals surface area contributed by atoms with Crippen LogP contribution in [0.4, 0.5) is 11.4 Å². The number of nitro groups is 1. The SMILES string of the molecule is CCc1cccc(CC)c1N1[C](=[Ru-4]([I])([I])=[CH]c2cc([N+](=O)[O-])ccc2OC(C)C)C(C)(c2ccccc2)CC1(C)C. The summed E-state index contributed by atoms with van der Waals surface area (Å²) in [5.74, 6) is 0.693.